The number of fused-ring (bicyclic) bond motifs is 1. The third-order valence-corrected chi connectivity index (χ3v) is 5.11. The van der Waals surface area contributed by atoms with Crippen LogP contribution in [-0.4, -0.2) is 34.5 Å². The van der Waals surface area contributed by atoms with E-state index in [0.717, 1.165) is 18.4 Å². The molecule has 0 spiro atoms. The Morgan fingerprint density at radius 2 is 2.25 bits per heavy atom. The number of nitrogens with one attached hydrogen (secondary N) is 1. The van der Waals surface area contributed by atoms with Crippen molar-refractivity contribution in [1.29, 1.82) is 5.26 Å². The molecule has 1 amide bonds. The molecule has 2 aromatic heterocycles. The monoisotopic (exact) mass is 430 g/mol. The molecule has 8 heteroatoms. The van der Waals surface area contributed by atoms with E-state index >= 15 is 0 Å². The number of carbonyl (C=O) groups is 1. The van der Waals surface area contributed by atoms with Crippen molar-refractivity contribution in [2.24, 2.45) is 0 Å². The fourth-order valence-electron chi connectivity index (χ4n) is 3.47. The quantitative estimate of drug-likeness (QED) is 0.476. The van der Waals surface area contributed by atoms with Gasteiger partial charge in [0, 0.05) is 19.3 Å². The van der Waals surface area contributed by atoms with E-state index in [1.54, 1.807) is 30.5 Å². The number of pyridine rings is 1. The van der Waals surface area contributed by atoms with Crippen LogP contribution in [0.4, 0.5) is 0 Å². The lowest BCUT2D eigenvalue weighted by Crippen LogP contribution is -2.32. The van der Waals surface area contributed by atoms with Gasteiger partial charge >= 0.3 is 0 Å². The maximum absolute atomic E-state index is 13.2. The average Bonchev–Trinajstić information content (AvgIpc) is 3.31. The first-order chi connectivity index (χ1) is 15.5. The molecule has 8 nitrogen and oxygen atoms in total. The summed E-state index contributed by atoms with van der Waals surface area (Å²) in [5, 5.41) is 12.3. The van der Waals surface area contributed by atoms with Crippen molar-refractivity contribution in [3.05, 3.63) is 75.7 Å². The van der Waals surface area contributed by atoms with Gasteiger partial charge in [-0.2, -0.15) is 10.2 Å². The molecule has 1 aliphatic heterocycles. The number of hydrogen-bond donors (Lipinski definition) is 1. The summed E-state index contributed by atoms with van der Waals surface area (Å²) in [6.07, 6.45) is 4.54. The number of rotatable bonds is 6. The zero-order valence-corrected chi connectivity index (χ0v) is 17.6. The van der Waals surface area contributed by atoms with Crippen LogP contribution in [0, 0.1) is 18.3 Å². The lowest BCUT2D eigenvalue weighted by atomic mass is 10.1. The molecular weight excluding hydrogens is 408 g/mol. The second-order valence-electron chi connectivity index (χ2n) is 7.50. The Hall–Kier alpha value is -3.96. The average molecular weight is 430 g/mol. The Kier molecular flexibility index (Phi) is 6.29. The molecule has 4 rings (SSSR count). The largest absolute Gasteiger partial charge is 0.438 e. The second kappa shape index (κ2) is 9.45. The van der Waals surface area contributed by atoms with Crippen LogP contribution in [0.2, 0.25) is 0 Å². The zero-order valence-electron chi connectivity index (χ0n) is 17.6. The van der Waals surface area contributed by atoms with Gasteiger partial charge in [0.05, 0.1) is 6.10 Å². The summed E-state index contributed by atoms with van der Waals surface area (Å²) < 4.78 is 12.8. The van der Waals surface area contributed by atoms with Gasteiger partial charge < -0.3 is 14.8 Å². The second-order valence-corrected chi connectivity index (χ2v) is 7.50. The van der Waals surface area contributed by atoms with Crippen LogP contribution in [0.3, 0.4) is 0 Å². The highest BCUT2D eigenvalue weighted by Gasteiger charge is 2.20. The van der Waals surface area contributed by atoms with E-state index in [2.05, 4.69) is 10.3 Å². The molecule has 1 atom stereocenters. The number of aromatic nitrogens is 2. The molecule has 3 aromatic rings. The molecule has 0 radical (unpaired) electrons. The molecule has 162 valence electrons. The predicted molar refractivity (Wildman–Crippen MR) is 118 cm³/mol. The third-order valence-electron chi connectivity index (χ3n) is 5.11. The molecule has 32 heavy (non-hydrogen) atoms. The number of benzene rings is 1. The third kappa shape index (κ3) is 4.68. The zero-order chi connectivity index (χ0) is 22.5. The van der Waals surface area contributed by atoms with Gasteiger partial charge in [-0.05, 0) is 55.7 Å². The van der Waals surface area contributed by atoms with Gasteiger partial charge in [0.25, 0.3) is 11.5 Å². The summed E-state index contributed by atoms with van der Waals surface area (Å²) in [6.45, 7) is 2.89. The van der Waals surface area contributed by atoms with Gasteiger partial charge in [-0.3, -0.25) is 14.0 Å². The van der Waals surface area contributed by atoms with Crippen LogP contribution in [0.5, 0.6) is 11.6 Å². The van der Waals surface area contributed by atoms with E-state index in [4.69, 9.17) is 9.47 Å². The van der Waals surface area contributed by atoms with E-state index in [1.807, 2.05) is 31.2 Å². The number of nitriles is 1. The fourth-order valence-corrected chi connectivity index (χ4v) is 3.47. The Balaban J connectivity index is 1.73. The molecule has 1 aliphatic rings. The highest BCUT2D eigenvalue weighted by molar-refractivity contribution is 6.01. The van der Waals surface area contributed by atoms with Crippen molar-refractivity contribution < 1.29 is 14.3 Å². The number of ether oxygens (including phenoxy) is 2. The first-order valence-corrected chi connectivity index (χ1v) is 10.3. The van der Waals surface area contributed by atoms with Crippen molar-refractivity contribution in [2.75, 3.05) is 13.2 Å². The normalized spacial score (nSPS) is 16.0. The minimum absolute atomic E-state index is 0.0130. The van der Waals surface area contributed by atoms with E-state index in [-0.39, 0.29) is 23.1 Å². The summed E-state index contributed by atoms with van der Waals surface area (Å²) in [4.78, 5) is 30.2. The van der Waals surface area contributed by atoms with Crippen LogP contribution in [0.1, 0.15) is 24.0 Å². The van der Waals surface area contributed by atoms with Crippen molar-refractivity contribution in [3.8, 4) is 17.7 Å². The maximum atomic E-state index is 13.2. The van der Waals surface area contributed by atoms with Crippen LogP contribution in [0.25, 0.3) is 11.7 Å². The Labute approximate surface area is 184 Å². The SMILES string of the molecule is Cc1cccc(Oc2nc3ccccn3c(=O)c2/C=C(\C#N)C(=O)NC[C@H]2CCCO2)c1. The smallest absolute Gasteiger partial charge is 0.269 e. The fraction of sp³-hybridized carbons (Fsp3) is 0.250. The summed E-state index contributed by atoms with van der Waals surface area (Å²) in [6, 6.07) is 14.3. The first kappa shape index (κ1) is 21.3. The topological polar surface area (TPSA) is 106 Å². The maximum Gasteiger partial charge on any atom is 0.269 e. The highest BCUT2D eigenvalue weighted by atomic mass is 16.5. The molecule has 0 saturated carbocycles. The van der Waals surface area contributed by atoms with Gasteiger partial charge in [0.2, 0.25) is 5.88 Å². The highest BCUT2D eigenvalue weighted by Crippen LogP contribution is 2.24. The molecule has 1 N–H and O–H groups in total. The first-order valence-electron chi connectivity index (χ1n) is 10.3. The summed E-state index contributed by atoms with van der Waals surface area (Å²) in [5.41, 5.74) is 0.714. The van der Waals surface area contributed by atoms with Crippen molar-refractivity contribution >= 4 is 17.6 Å². The van der Waals surface area contributed by atoms with Crippen LogP contribution < -0.4 is 15.6 Å². The predicted octanol–water partition coefficient (Wildman–Crippen LogP) is 3.00. The van der Waals surface area contributed by atoms with E-state index in [1.165, 1.54) is 10.5 Å². The van der Waals surface area contributed by atoms with Gasteiger partial charge in [-0.15, -0.1) is 0 Å². The number of aryl methyl sites for hydroxylation is 1. The molecular formula is C24H22N4O4. The van der Waals surface area contributed by atoms with Crippen molar-refractivity contribution in [3.63, 3.8) is 0 Å². The van der Waals surface area contributed by atoms with E-state index in [9.17, 15) is 14.9 Å². The van der Waals surface area contributed by atoms with E-state index in [0.29, 0.717) is 24.5 Å². The van der Waals surface area contributed by atoms with Gasteiger partial charge in [0.1, 0.15) is 28.6 Å². The molecule has 0 unspecified atom stereocenters. The number of carbonyl (C=O) groups excluding carboxylic acids is 1. The minimum Gasteiger partial charge on any atom is -0.438 e. The molecule has 3 heterocycles. The van der Waals surface area contributed by atoms with Crippen molar-refractivity contribution in [1.82, 2.24) is 14.7 Å². The molecule has 1 aromatic carbocycles. The van der Waals surface area contributed by atoms with Crippen LogP contribution >= 0.6 is 0 Å². The Morgan fingerprint density at radius 3 is 3.00 bits per heavy atom. The lowest BCUT2D eigenvalue weighted by molar-refractivity contribution is -0.117. The summed E-state index contributed by atoms with van der Waals surface area (Å²) in [7, 11) is 0. The number of nitrogens with zero attached hydrogens (tertiary/aromatic N) is 3. The summed E-state index contributed by atoms with van der Waals surface area (Å²) in [5.74, 6) is -0.0679. The standard InChI is InChI=1S/C24H22N4O4/c1-16-6-4-7-18(12-16)32-23-20(24(30)28-10-3-2-9-21(28)27-23)13-17(14-25)22(29)26-15-19-8-5-11-31-19/h2-4,6-7,9-10,12-13,19H,5,8,11,15H2,1H3,(H,26,29)/b17-13+/t19-/m1/s1. The van der Waals surface area contributed by atoms with Gasteiger partial charge in [-0.25, -0.2) is 0 Å². The van der Waals surface area contributed by atoms with Gasteiger partial charge in [-0.1, -0.05) is 18.2 Å². The number of hydrogen-bond acceptors (Lipinski definition) is 6. The Morgan fingerprint density at radius 1 is 1.38 bits per heavy atom. The Bertz CT molecular complexity index is 1280. The van der Waals surface area contributed by atoms with Crippen LogP contribution in [0.15, 0.2) is 59.0 Å². The van der Waals surface area contributed by atoms with Crippen LogP contribution in [-0.2, 0) is 9.53 Å². The molecule has 0 aliphatic carbocycles. The summed E-state index contributed by atoms with van der Waals surface area (Å²) >= 11 is 0. The molecule has 0 bridgehead atoms. The van der Waals surface area contributed by atoms with Gasteiger partial charge in [0.15, 0.2) is 0 Å². The number of amides is 1. The molecule has 1 fully saturated rings. The minimum atomic E-state index is -0.581. The van der Waals surface area contributed by atoms with Crippen molar-refractivity contribution in [2.45, 2.75) is 25.9 Å². The lowest BCUT2D eigenvalue weighted by Gasteiger charge is -2.12. The molecule has 1 saturated heterocycles. The van der Waals surface area contributed by atoms with E-state index < -0.39 is 11.5 Å².